The van der Waals surface area contributed by atoms with E-state index in [4.69, 9.17) is 0 Å². The third kappa shape index (κ3) is 2.14. The van der Waals surface area contributed by atoms with Crippen LogP contribution in [-0.2, 0) is 9.59 Å². The molecule has 0 aromatic heterocycles. The van der Waals surface area contributed by atoms with Crippen molar-refractivity contribution in [1.29, 1.82) is 0 Å². The first-order valence-electron chi connectivity index (χ1n) is 9.47. The number of carbonyl (C=O) groups excluding carboxylic acids is 2. The highest BCUT2D eigenvalue weighted by atomic mass is 16.2. The molecular weight excluding hydrogens is 334 g/mol. The zero-order valence-electron chi connectivity index (χ0n) is 15.4. The lowest BCUT2D eigenvalue weighted by Crippen LogP contribution is -2.33. The number of carbonyl (C=O) groups is 2. The van der Waals surface area contributed by atoms with E-state index in [9.17, 15) is 9.59 Å². The molecule has 2 bridgehead atoms. The third-order valence-corrected chi connectivity index (χ3v) is 6.22. The molecule has 2 aromatic rings. The van der Waals surface area contributed by atoms with Crippen LogP contribution in [0.2, 0.25) is 0 Å². The van der Waals surface area contributed by atoms with Crippen LogP contribution >= 0.6 is 0 Å². The summed E-state index contributed by atoms with van der Waals surface area (Å²) >= 11 is 0. The Hall–Kier alpha value is -2.94. The molecule has 0 spiro atoms. The van der Waals surface area contributed by atoms with Gasteiger partial charge in [0.15, 0.2) is 0 Å². The van der Waals surface area contributed by atoms with Gasteiger partial charge in [0.1, 0.15) is 0 Å². The van der Waals surface area contributed by atoms with Crippen LogP contribution < -0.4 is 4.90 Å². The number of hydrogen-bond donors (Lipinski definition) is 0. The van der Waals surface area contributed by atoms with E-state index in [-0.39, 0.29) is 35.5 Å². The van der Waals surface area contributed by atoms with Gasteiger partial charge in [0.25, 0.3) is 0 Å². The third-order valence-electron chi connectivity index (χ3n) is 6.22. The average Bonchev–Trinajstić information content (AvgIpc) is 3.32. The second-order valence-corrected chi connectivity index (χ2v) is 7.84. The van der Waals surface area contributed by atoms with Gasteiger partial charge in [0, 0.05) is 17.4 Å². The summed E-state index contributed by atoms with van der Waals surface area (Å²) in [5.74, 6) is -0.443. The lowest BCUT2D eigenvalue weighted by Gasteiger charge is -2.22. The van der Waals surface area contributed by atoms with Gasteiger partial charge in [-0.3, -0.25) is 9.59 Å². The number of para-hydroxylation sites is 1. The Labute approximate surface area is 159 Å². The number of nitrogens with zero attached hydrogens (tertiary/aromatic N) is 1. The monoisotopic (exact) mass is 355 g/mol. The highest BCUT2D eigenvalue weighted by molar-refractivity contribution is 6.24. The van der Waals surface area contributed by atoms with Crippen LogP contribution in [-0.4, -0.2) is 11.8 Å². The standard InChI is InChI=1S/C24H21NO2/c1-14(2)20-17-12-13-18(20)22-21(17)23(26)25(24(22)27)19-11-7-6-10-16(19)15-8-4-3-5-9-15/h3-13,17-18,21-22H,1-2H3/t17-,18-,21+,22+/m0/s1. The zero-order valence-corrected chi connectivity index (χ0v) is 15.4. The molecule has 1 saturated carbocycles. The Morgan fingerprint density at radius 2 is 1.33 bits per heavy atom. The molecule has 27 heavy (non-hydrogen) atoms. The minimum Gasteiger partial charge on any atom is -0.274 e. The van der Waals surface area contributed by atoms with Crippen LogP contribution in [0.1, 0.15) is 13.8 Å². The predicted molar refractivity (Wildman–Crippen MR) is 106 cm³/mol. The second-order valence-electron chi connectivity index (χ2n) is 7.84. The van der Waals surface area contributed by atoms with Crippen molar-refractivity contribution in [2.45, 2.75) is 13.8 Å². The molecular formula is C24H21NO2. The SMILES string of the molecule is CC(C)=C1[C@@H]2C=C[C@@H]1[C@H]1C(=O)N(c3ccccc3-c3ccccc3)C(=O)[C@@H]12. The summed E-state index contributed by atoms with van der Waals surface area (Å²) in [7, 11) is 0. The van der Waals surface area contributed by atoms with Gasteiger partial charge in [-0.1, -0.05) is 71.8 Å². The molecule has 1 saturated heterocycles. The minimum absolute atomic E-state index is 0.0519. The Kier molecular flexibility index (Phi) is 3.48. The van der Waals surface area contributed by atoms with Gasteiger partial charge in [-0.05, 0) is 25.5 Å². The zero-order chi connectivity index (χ0) is 18.7. The molecule has 134 valence electrons. The largest absolute Gasteiger partial charge is 0.274 e. The molecule has 1 heterocycles. The van der Waals surface area contributed by atoms with E-state index >= 15 is 0 Å². The Balaban J connectivity index is 1.60. The molecule has 0 N–H and O–H groups in total. The first kappa shape index (κ1) is 16.2. The van der Waals surface area contributed by atoms with Gasteiger partial charge < -0.3 is 0 Å². The van der Waals surface area contributed by atoms with Crippen molar-refractivity contribution in [3.05, 3.63) is 77.9 Å². The van der Waals surface area contributed by atoms with E-state index in [0.717, 1.165) is 11.1 Å². The van der Waals surface area contributed by atoms with Crippen LogP contribution in [0.4, 0.5) is 5.69 Å². The van der Waals surface area contributed by atoms with Gasteiger partial charge in [0.05, 0.1) is 17.5 Å². The lowest BCUT2D eigenvalue weighted by atomic mass is 9.85. The Bertz CT molecular complexity index is 980. The molecule has 2 aromatic carbocycles. The number of anilines is 1. The number of imide groups is 1. The predicted octanol–water partition coefficient (Wildman–Crippen LogP) is 4.61. The molecule has 0 unspecified atom stereocenters. The summed E-state index contributed by atoms with van der Waals surface area (Å²) in [5, 5.41) is 0. The highest BCUT2D eigenvalue weighted by Crippen LogP contribution is 2.57. The van der Waals surface area contributed by atoms with Gasteiger partial charge in [-0.2, -0.15) is 0 Å². The second kappa shape index (κ2) is 5.78. The summed E-state index contributed by atoms with van der Waals surface area (Å²) < 4.78 is 0. The fourth-order valence-electron chi connectivity index (χ4n) is 5.20. The number of benzene rings is 2. The van der Waals surface area contributed by atoms with Crippen molar-refractivity contribution in [2.75, 3.05) is 4.90 Å². The van der Waals surface area contributed by atoms with Crippen molar-refractivity contribution in [3.8, 4) is 11.1 Å². The number of hydrogen-bond acceptors (Lipinski definition) is 2. The smallest absolute Gasteiger partial charge is 0.238 e. The van der Waals surface area contributed by atoms with E-state index in [1.165, 1.54) is 16.0 Å². The molecule has 2 amide bonds. The van der Waals surface area contributed by atoms with E-state index in [2.05, 4.69) is 26.0 Å². The normalized spacial score (nSPS) is 28.2. The molecule has 3 aliphatic rings. The lowest BCUT2D eigenvalue weighted by molar-refractivity contribution is -0.122. The summed E-state index contributed by atoms with van der Waals surface area (Å²) in [6.07, 6.45) is 4.26. The van der Waals surface area contributed by atoms with E-state index < -0.39 is 0 Å². The molecule has 0 radical (unpaired) electrons. The minimum atomic E-state index is -0.249. The number of fused-ring (bicyclic) bond motifs is 5. The number of rotatable bonds is 2. The fraction of sp³-hybridized carbons (Fsp3) is 0.250. The van der Waals surface area contributed by atoms with Gasteiger partial charge in [-0.25, -0.2) is 4.90 Å². The van der Waals surface area contributed by atoms with Crippen molar-refractivity contribution < 1.29 is 9.59 Å². The Morgan fingerprint density at radius 3 is 1.93 bits per heavy atom. The van der Waals surface area contributed by atoms with Gasteiger partial charge in [-0.15, -0.1) is 0 Å². The molecule has 4 atom stereocenters. The molecule has 2 fully saturated rings. The average molecular weight is 355 g/mol. The van der Waals surface area contributed by atoms with Crippen molar-refractivity contribution in [3.63, 3.8) is 0 Å². The van der Waals surface area contributed by atoms with Crippen LogP contribution in [0.5, 0.6) is 0 Å². The maximum absolute atomic E-state index is 13.4. The Morgan fingerprint density at radius 1 is 0.778 bits per heavy atom. The first-order chi connectivity index (χ1) is 13.1. The summed E-state index contributed by atoms with van der Waals surface area (Å²) in [6, 6.07) is 17.6. The summed E-state index contributed by atoms with van der Waals surface area (Å²) in [6.45, 7) is 4.17. The maximum atomic E-state index is 13.4. The van der Waals surface area contributed by atoms with Crippen LogP contribution in [0.3, 0.4) is 0 Å². The highest BCUT2D eigenvalue weighted by Gasteiger charge is 2.62. The first-order valence-corrected chi connectivity index (χ1v) is 9.47. The van der Waals surface area contributed by atoms with Crippen LogP contribution in [0.25, 0.3) is 11.1 Å². The number of allylic oxidation sites excluding steroid dienone is 4. The molecule has 1 aliphatic heterocycles. The van der Waals surface area contributed by atoms with E-state index in [1.807, 2.05) is 54.6 Å². The van der Waals surface area contributed by atoms with Crippen molar-refractivity contribution >= 4 is 17.5 Å². The van der Waals surface area contributed by atoms with Gasteiger partial charge in [0.2, 0.25) is 11.8 Å². The molecule has 5 rings (SSSR count). The molecule has 2 aliphatic carbocycles. The maximum Gasteiger partial charge on any atom is 0.238 e. The fourth-order valence-corrected chi connectivity index (χ4v) is 5.20. The van der Waals surface area contributed by atoms with E-state index in [1.54, 1.807) is 0 Å². The summed E-state index contributed by atoms with van der Waals surface area (Å²) in [4.78, 5) is 28.2. The molecule has 3 nitrogen and oxygen atoms in total. The van der Waals surface area contributed by atoms with Crippen LogP contribution in [0, 0.1) is 23.7 Å². The quantitative estimate of drug-likeness (QED) is 0.583. The summed E-state index contributed by atoms with van der Waals surface area (Å²) in [5.41, 5.74) is 5.15. The topological polar surface area (TPSA) is 37.4 Å². The van der Waals surface area contributed by atoms with Gasteiger partial charge >= 0.3 is 0 Å². The van der Waals surface area contributed by atoms with E-state index in [0.29, 0.717) is 5.69 Å². The van der Waals surface area contributed by atoms with Crippen molar-refractivity contribution in [1.82, 2.24) is 0 Å². The molecule has 3 heteroatoms. The number of amides is 2. The van der Waals surface area contributed by atoms with Crippen molar-refractivity contribution in [2.24, 2.45) is 23.7 Å². The van der Waals surface area contributed by atoms with Crippen LogP contribution in [0.15, 0.2) is 77.9 Å².